The summed E-state index contributed by atoms with van der Waals surface area (Å²) < 4.78 is 0.728. The zero-order chi connectivity index (χ0) is 12.8. The summed E-state index contributed by atoms with van der Waals surface area (Å²) in [5.41, 5.74) is 0.711. The van der Waals surface area contributed by atoms with E-state index >= 15 is 0 Å². The first-order chi connectivity index (χ1) is 8.11. The van der Waals surface area contributed by atoms with Gasteiger partial charge in [0.1, 0.15) is 0 Å². The molecule has 0 aliphatic rings. The maximum absolute atomic E-state index is 12.4. The van der Waals surface area contributed by atoms with Gasteiger partial charge in [0.2, 0.25) is 0 Å². The molecule has 0 fully saturated rings. The summed E-state index contributed by atoms with van der Waals surface area (Å²) in [5, 5.41) is 0. The van der Waals surface area contributed by atoms with Crippen LogP contribution in [0.25, 0.3) is 0 Å². The molecule has 1 aromatic rings. The molecule has 0 saturated heterocycles. The number of ketones is 1. The molecule has 90 valence electrons. The van der Waals surface area contributed by atoms with Crippen LogP contribution in [0.2, 0.25) is 0 Å². The van der Waals surface area contributed by atoms with Gasteiger partial charge >= 0.3 is 0 Å². The Labute approximate surface area is 112 Å². The molecule has 0 amide bonds. The van der Waals surface area contributed by atoms with Crippen LogP contribution in [0.1, 0.15) is 17.3 Å². The normalized spacial score (nSPS) is 13.8. The van der Waals surface area contributed by atoms with Gasteiger partial charge < -0.3 is 0 Å². The van der Waals surface area contributed by atoms with Crippen LogP contribution in [0.4, 0.5) is 0 Å². The summed E-state index contributed by atoms with van der Waals surface area (Å²) in [6.45, 7) is 5.73. The summed E-state index contributed by atoms with van der Waals surface area (Å²) in [6, 6.07) is 9.29. The number of benzene rings is 1. The van der Waals surface area contributed by atoms with Crippen LogP contribution in [0.3, 0.4) is 0 Å². The van der Waals surface area contributed by atoms with Crippen molar-refractivity contribution in [3.05, 3.63) is 48.6 Å². The van der Waals surface area contributed by atoms with E-state index in [4.69, 9.17) is 12.2 Å². The van der Waals surface area contributed by atoms with Gasteiger partial charge in [-0.3, -0.25) is 4.79 Å². The third-order valence-electron chi connectivity index (χ3n) is 2.69. The van der Waals surface area contributed by atoms with Crippen LogP contribution in [-0.2, 0) is 0 Å². The van der Waals surface area contributed by atoms with Crippen LogP contribution in [-0.4, -0.2) is 16.2 Å². The highest BCUT2D eigenvalue weighted by Gasteiger charge is 2.27. The summed E-state index contributed by atoms with van der Waals surface area (Å²) in [7, 11) is 0. The van der Waals surface area contributed by atoms with E-state index in [1.54, 1.807) is 6.08 Å². The van der Waals surface area contributed by atoms with Crippen molar-refractivity contribution < 1.29 is 4.79 Å². The van der Waals surface area contributed by atoms with Crippen LogP contribution in [0, 0.1) is 11.8 Å². The van der Waals surface area contributed by atoms with Gasteiger partial charge in [0, 0.05) is 5.56 Å². The molecule has 0 spiro atoms. The lowest BCUT2D eigenvalue weighted by Crippen LogP contribution is -2.26. The van der Waals surface area contributed by atoms with E-state index in [-0.39, 0.29) is 17.6 Å². The minimum atomic E-state index is -0.264. The lowest BCUT2D eigenvalue weighted by Gasteiger charge is -2.20. The van der Waals surface area contributed by atoms with E-state index in [2.05, 4.69) is 6.58 Å². The van der Waals surface area contributed by atoms with E-state index in [1.807, 2.05) is 43.5 Å². The third kappa shape index (κ3) is 3.51. The Morgan fingerprint density at radius 2 is 2.00 bits per heavy atom. The zero-order valence-electron chi connectivity index (χ0n) is 10.1. The minimum Gasteiger partial charge on any atom is -0.293 e. The Kier molecular flexibility index (Phi) is 5.59. The van der Waals surface area contributed by atoms with E-state index in [0.29, 0.717) is 5.56 Å². The van der Waals surface area contributed by atoms with Gasteiger partial charge in [-0.2, -0.15) is 0 Å². The Bertz CT molecular complexity index is 411. The molecule has 1 nitrogen and oxygen atoms in total. The average Bonchev–Trinajstić information content (AvgIpc) is 2.39. The van der Waals surface area contributed by atoms with Crippen molar-refractivity contribution in [1.82, 2.24) is 0 Å². The van der Waals surface area contributed by atoms with Gasteiger partial charge in [-0.25, -0.2) is 0 Å². The fraction of sp³-hybridized carbons (Fsp3) is 0.286. The van der Waals surface area contributed by atoms with Crippen molar-refractivity contribution >= 4 is 34.0 Å². The molecule has 0 aliphatic carbocycles. The third-order valence-corrected chi connectivity index (χ3v) is 4.10. The molecule has 0 aromatic heterocycles. The fourth-order valence-electron chi connectivity index (χ4n) is 1.61. The smallest absolute Gasteiger partial charge is 0.172 e. The van der Waals surface area contributed by atoms with Crippen LogP contribution >= 0.6 is 24.0 Å². The highest BCUT2D eigenvalue weighted by Crippen LogP contribution is 2.24. The first-order valence-electron chi connectivity index (χ1n) is 5.41. The van der Waals surface area contributed by atoms with Gasteiger partial charge in [-0.05, 0) is 12.2 Å². The molecule has 3 heteroatoms. The number of thioether (sulfide) groups is 1. The SMILES string of the molecule is C=CC(C)C(C(=O)c1ccccc1)C(=S)SC. The summed E-state index contributed by atoms with van der Waals surface area (Å²) in [6.07, 6.45) is 3.69. The minimum absolute atomic E-state index is 0.0580. The van der Waals surface area contributed by atoms with E-state index in [1.165, 1.54) is 11.8 Å². The van der Waals surface area contributed by atoms with E-state index < -0.39 is 0 Å². The van der Waals surface area contributed by atoms with Crippen LogP contribution < -0.4 is 0 Å². The Hall–Kier alpha value is -0.930. The van der Waals surface area contributed by atoms with Crippen molar-refractivity contribution in [3.63, 3.8) is 0 Å². The molecule has 1 aromatic carbocycles. The lowest BCUT2D eigenvalue weighted by molar-refractivity contribution is 0.0940. The topological polar surface area (TPSA) is 17.1 Å². The molecule has 0 N–H and O–H groups in total. The van der Waals surface area contributed by atoms with Crippen molar-refractivity contribution in [2.24, 2.45) is 11.8 Å². The molecular formula is C14H16OS2. The molecule has 0 heterocycles. The van der Waals surface area contributed by atoms with Crippen molar-refractivity contribution in [2.45, 2.75) is 6.92 Å². The number of thiocarbonyl (C=S) groups is 1. The molecule has 2 atom stereocenters. The number of rotatable bonds is 5. The van der Waals surface area contributed by atoms with Crippen LogP contribution in [0.5, 0.6) is 0 Å². The predicted octanol–water partition coefficient (Wildman–Crippen LogP) is 4.00. The monoisotopic (exact) mass is 264 g/mol. The average molecular weight is 264 g/mol. The highest BCUT2D eigenvalue weighted by atomic mass is 32.2. The Balaban J connectivity index is 3.03. The van der Waals surface area contributed by atoms with Crippen molar-refractivity contribution in [2.75, 3.05) is 6.26 Å². The molecular weight excluding hydrogens is 248 g/mol. The zero-order valence-corrected chi connectivity index (χ0v) is 11.7. The molecule has 2 unspecified atom stereocenters. The molecule has 0 bridgehead atoms. The second kappa shape index (κ2) is 6.72. The Morgan fingerprint density at radius 3 is 2.47 bits per heavy atom. The molecule has 0 aliphatic heterocycles. The number of hydrogen-bond acceptors (Lipinski definition) is 3. The highest BCUT2D eigenvalue weighted by molar-refractivity contribution is 8.22. The first-order valence-corrected chi connectivity index (χ1v) is 7.04. The Morgan fingerprint density at radius 1 is 1.41 bits per heavy atom. The van der Waals surface area contributed by atoms with Crippen molar-refractivity contribution in [1.29, 1.82) is 0 Å². The molecule has 0 saturated carbocycles. The number of hydrogen-bond donors (Lipinski definition) is 0. The number of Topliss-reactive ketones (excluding diaryl/α,β-unsaturated/α-hetero) is 1. The summed E-state index contributed by atoms with van der Waals surface area (Å²) in [5.74, 6) is -0.125. The lowest BCUT2D eigenvalue weighted by atomic mass is 9.88. The predicted molar refractivity (Wildman–Crippen MR) is 79.7 cm³/mol. The summed E-state index contributed by atoms with van der Waals surface area (Å²) in [4.78, 5) is 12.4. The number of carbonyl (C=O) groups excluding carboxylic acids is 1. The van der Waals surface area contributed by atoms with Crippen molar-refractivity contribution in [3.8, 4) is 0 Å². The van der Waals surface area contributed by atoms with E-state index in [0.717, 1.165) is 4.20 Å². The first kappa shape index (κ1) is 14.1. The standard InChI is InChI=1S/C14H16OS2/c1-4-10(2)12(14(16)17-3)13(15)11-8-6-5-7-9-11/h4-10,12H,1H2,2-3H3. The molecule has 0 radical (unpaired) electrons. The largest absolute Gasteiger partial charge is 0.293 e. The van der Waals surface area contributed by atoms with Gasteiger partial charge in [-0.15, -0.1) is 18.3 Å². The van der Waals surface area contributed by atoms with Gasteiger partial charge in [-0.1, -0.05) is 55.5 Å². The summed E-state index contributed by atoms with van der Waals surface area (Å²) >= 11 is 6.75. The maximum Gasteiger partial charge on any atom is 0.172 e. The number of carbonyl (C=O) groups is 1. The molecule has 17 heavy (non-hydrogen) atoms. The maximum atomic E-state index is 12.4. The quantitative estimate of drug-likeness (QED) is 0.454. The van der Waals surface area contributed by atoms with Gasteiger partial charge in [0.25, 0.3) is 0 Å². The van der Waals surface area contributed by atoms with Gasteiger partial charge in [0.05, 0.1) is 10.1 Å². The van der Waals surface area contributed by atoms with E-state index in [9.17, 15) is 4.79 Å². The second-order valence-electron chi connectivity index (χ2n) is 3.83. The van der Waals surface area contributed by atoms with Crippen LogP contribution in [0.15, 0.2) is 43.0 Å². The fourth-order valence-corrected chi connectivity index (χ4v) is 2.50. The van der Waals surface area contributed by atoms with Gasteiger partial charge in [0.15, 0.2) is 5.78 Å². The molecule has 1 rings (SSSR count). The second-order valence-corrected chi connectivity index (χ2v) is 5.37. The number of allylic oxidation sites excluding steroid dienone is 1.